The third kappa shape index (κ3) is 2.89. The summed E-state index contributed by atoms with van der Waals surface area (Å²) in [6, 6.07) is 7.70. The lowest BCUT2D eigenvalue weighted by Gasteiger charge is -2.02. The second kappa shape index (κ2) is 5.37. The van der Waals surface area contributed by atoms with Crippen LogP contribution in [0.2, 0.25) is 0 Å². The minimum Gasteiger partial charge on any atom is -0.375 e. The van der Waals surface area contributed by atoms with Crippen LogP contribution in [0, 0.1) is 6.92 Å². The second-order valence-corrected chi connectivity index (χ2v) is 4.05. The van der Waals surface area contributed by atoms with Crippen molar-refractivity contribution < 1.29 is 0 Å². The average Bonchev–Trinajstić information content (AvgIpc) is 2.76. The molecule has 0 fully saturated rings. The van der Waals surface area contributed by atoms with E-state index in [4.69, 9.17) is 5.73 Å². The Morgan fingerprint density at radius 3 is 2.72 bits per heavy atom. The molecule has 2 rings (SSSR count). The molecule has 0 radical (unpaired) electrons. The Morgan fingerprint density at radius 1 is 1.44 bits per heavy atom. The van der Waals surface area contributed by atoms with Gasteiger partial charge in [-0.2, -0.15) is 5.10 Å². The van der Waals surface area contributed by atoms with E-state index < -0.39 is 0 Å². The zero-order chi connectivity index (χ0) is 13.0. The Morgan fingerprint density at radius 2 is 2.17 bits per heavy atom. The van der Waals surface area contributed by atoms with Crippen LogP contribution in [-0.2, 0) is 0 Å². The lowest BCUT2D eigenvalue weighted by molar-refractivity contribution is 0.785. The van der Waals surface area contributed by atoms with Gasteiger partial charge >= 0.3 is 0 Å². The van der Waals surface area contributed by atoms with Gasteiger partial charge in [0.1, 0.15) is 0 Å². The predicted molar refractivity (Wildman–Crippen MR) is 73.6 cm³/mol. The van der Waals surface area contributed by atoms with Crippen molar-refractivity contribution in [3.05, 3.63) is 41.7 Å². The van der Waals surface area contributed by atoms with Crippen LogP contribution < -0.4 is 11.2 Å². The van der Waals surface area contributed by atoms with Gasteiger partial charge in [0.25, 0.3) is 0 Å². The maximum absolute atomic E-state index is 5.25. The van der Waals surface area contributed by atoms with Gasteiger partial charge in [-0.3, -0.25) is 5.43 Å². The molecule has 1 aromatic carbocycles. The van der Waals surface area contributed by atoms with Crippen LogP contribution in [0.5, 0.6) is 0 Å². The highest BCUT2D eigenvalue weighted by molar-refractivity contribution is 7.80. The number of nitrogens with zero attached hydrogens (tertiary/aromatic N) is 4. The number of nitrogens with two attached hydrogens (primary N) is 1. The Balaban J connectivity index is 2.13. The van der Waals surface area contributed by atoms with Crippen LogP contribution in [0.15, 0.2) is 35.6 Å². The maximum Gasteiger partial charge on any atom is 0.184 e. The van der Waals surface area contributed by atoms with Gasteiger partial charge in [-0.15, -0.1) is 5.10 Å². The van der Waals surface area contributed by atoms with E-state index in [1.807, 2.05) is 31.2 Å². The molecule has 7 heteroatoms. The largest absolute Gasteiger partial charge is 0.375 e. The van der Waals surface area contributed by atoms with Crippen molar-refractivity contribution in [1.29, 1.82) is 0 Å². The van der Waals surface area contributed by atoms with Crippen molar-refractivity contribution >= 4 is 23.5 Å². The molecule has 92 valence electrons. The van der Waals surface area contributed by atoms with E-state index in [2.05, 4.69) is 33.1 Å². The van der Waals surface area contributed by atoms with Crippen molar-refractivity contribution in [1.82, 2.24) is 20.4 Å². The smallest absolute Gasteiger partial charge is 0.184 e. The van der Waals surface area contributed by atoms with Crippen LogP contribution >= 0.6 is 12.2 Å². The van der Waals surface area contributed by atoms with Gasteiger partial charge in [-0.05, 0) is 36.8 Å². The van der Waals surface area contributed by atoms with Gasteiger partial charge < -0.3 is 5.73 Å². The van der Waals surface area contributed by atoms with E-state index in [-0.39, 0.29) is 5.11 Å². The molecule has 1 aromatic heterocycles. The van der Waals surface area contributed by atoms with Crippen LogP contribution in [0.3, 0.4) is 0 Å². The van der Waals surface area contributed by atoms with Gasteiger partial charge in [-0.1, -0.05) is 17.3 Å². The standard InChI is InChI=1S/C11H12N6S/c1-8-6-14-16-17(8)10-4-2-9(3-5-10)7-13-15-11(12)18/h2-7H,1H3,(H3,12,15,18)/b13-7+. The molecular weight excluding hydrogens is 248 g/mol. The number of hydrazone groups is 1. The Hall–Kier alpha value is -2.28. The molecule has 0 saturated carbocycles. The third-order valence-electron chi connectivity index (χ3n) is 2.25. The number of benzene rings is 1. The second-order valence-electron chi connectivity index (χ2n) is 3.61. The molecule has 3 N–H and O–H groups in total. The van der Waals surface area contributed by atoms with Crippen molar-refractivity contribution in [3.8, 4) is 5.69 Å². The zero-order valence-corrected chi connectivity index (χ0v) is 10.6. The summed E-state index contributed by atoms with van der Waals surface area (Å²) in [5, 5.41) is 11.8. The fourth-order valence-electron chi connectivity index (χ4n) is 1.41. The first kappa shape index (κ1) is 12.2. The number of aromatic nitrogens is 3. The summed E-state index contributed by atoms with van der Waals surface area (Å²) in [5.74, 6) is 0. The van der Waals surface area contributed by atoms with E-state index in [1.165, 1.54) is 0 Å². The minimum absolute atomic E-state index is 0.140. The van der Waals surface area contributed by atoms with Crippen LogP contribution in [0.25, 0.3) is 5.69 Å². The molecule has 1 heterocycles. The predicted octanol–water partition coefficient (Wildman–Crippen LogP) is 0.743. The first-order valence-corrected chi connectivity index (χ1v) is 5.64. The highest BCUT2D eigenvalue weighted by Gasteiger charge is 2.00. The van der Waals surface area contributed by atoms with Gasteiger partial charge in [-0.25, -0.2) is 4.68 Å². The Kier molecular flexibility index (Phi) is 3.63. The van der Waals surface area contributed by atoms with Gasteiger partial charge in [0.15, 0.2) is 5.11 Å². The Labute approximate surface area is 109 Å². The van der Waals surface area contributed by atoms with Crippen molar-refractivity contribution in [2.24, 2.45) is 10.8 Å². The number of hydrogen-bond acceptors (Lipinski definition) is 4. The van der Waals surface area contributed by atoms with Gasteiger partial charge in [0.2, 0.25) is 0 Å². The molecule has 0 aliphatic carbocycles. The zero-order valence-electron chi connectivity index (χ0n) is 9.74. The molecule has 0 unspecified atom stereocenters. The average molecular weight is 260 g/mol. The molecule has 2 aromatic rings. The lowest BCUT2D eigenvalue weighted by atomic mass is 10.2. The fraction of sp³-hybridized carbons (Fsp3) is 0.0909. The Bertz CT molecular complexity index is 571. The van der Waals surface area contributed by atoms with Gasteiger partial charge in [0, 0.05) is 0 Å². The SMILES string of the molecule is Cc1cnnn1-c1ccc(/C=N/NC(N)=S)cc1. The van der Waals surface area contributed by atoms with Crippen LogP contribution in [0.4, 0.5) is 0 Å². The molecular formula is C11H12N6S. The fourth-order valence-corrected chi connectivity index (χ4v) is 1.47. The van der Waals surface area contributed by atoms with E-state index >= 15 is 0 Å². The minimum atomic E-state index is 0.140. The van der Waals surface area contributed by atoms with Crippen molar-refractivity contribution in [2.45, 2.75) is 6.92 Å². The number of hydrogen-bond donors (Lipinski definition) is 2. The normalized spacial score (nSPS) is 10.7. The van der Waals surface area contributed by atoms with E-state index in [1.54, 1.807) is 17.1 Å². The highest BCUT2D eigenvalue weighted by atomic mass is 32.1. The van der Waals surface area contributed by atoms with Gasteiger partial charge in [0.05, 0.1) is 23.8 Å². The summed E-state index contributed by atoms with van der Waals surface area (Å²) in [6.45, 7) is 1.95. The first-order chi connectivity index (χ1) is 8.66. The summed E-state index contributed by atoms with van der Waals surface area (Å²) in [5.41, 5.74) is 10.6. The number of thiocarbonyl (C=S) groups is 1. The molecule has 6 nitrogen and oxygen atoms in total. The van der Waals surface area contributed by atoms with E-state index in [9.17, 15) is 0 Å². The van der Waals surface area contributed by atoms with E-state index in [0.717, 1.165) is 16.9 Å². The first-order valence-electron chi connectivity index (χ1n) is 5.23. The summed E-state index contributed by atoms with van der Waals surface area (Å²) >= 11 is 4.63. The molecule has 0 aliphatic heterocycles. The quantitative estimate of drug-likeness (QED) is 0.483. The molecule has 0 spiro atoms. The number of aryl methyl sites for hydroxylation is 1. The molecule has 0 saturated heterocycles. The molecule has 0 bridgehead atoms. The summed E-state index contributed by atoms with van der Waals surface area (Å²) in [7, 11) is 0. The van der Waals surface area contributed by atoms with Crippen molar-refractivity contribution in [2.75, 3.05) is 0 Å². The number of rotatable bonds is 3. The van der Waals surface area contributed by atoms with Crippen molar-refractivity contribution in [3.63, 3.8) is 0 Å². The summed E-state index contributed by atoms with van der Waals surface area (Å²) < 4.78 is 1.76. The third-order valence-corrected chi connectivity index (χ3v) is 2.34. The topological polar surface area (TPSA) is 81.1 Å². The number of nitrogens with one attached hydrogen (secondary N) is 1. The monoisotopic (exact) mass is 260 g/mol. The summed E-state index contributed by atoms with van der Waals surface area (Å²) in [6.07, 6.45) is 3.35. The molecule has 0 aliphatic rings. The molecule has 0 amide bonds. The van der Waals surface area contributed by atoms with Crippen LogP contribution in [0.1, 0.15) is 11.3 Å². The molecule has 0 atom stereocenters. The highest BCUT2D eigenvalue weighted by Crippen LogP contribution is 2.09. The lowest BCUT2D eigenvalue weighted by Crippen LogP contribution is -2.23. The molecule has 18 heavy (non-hydrogen) atoms. The van der Waals surface area contributed by atoms with E-state index in [0.29, 0.717) is 0 Å². The maximum atomic E-state index is 5.25. The summed E-state index contributed by atoms with van der Waals surface area (Å²) in [4.78, 5) is 0. The van der Waals surface area contributed by atoms with Crippen LogP contribution in [-0.4, -0.2) is 26.3 Å².